The van der Waals surface area contributed by atoms with Gasteiger partial charge in [-0.05, 0) is 57.2 Å². The largest absolute Gasteiger partial charge is 0.508 e. The van der Waals surface area contributed by atoms with E-state index in [1.165, 1.54) is 19.4 Å². The number of rotatable bonds is 6. The number of nitrogens with zero attached hydrogens (tertiary/aromatic N) is 2. The molecule has 1 heterocycles. The summed E-state index contributed by atoms with van der Waals surface area (Å²) in [4.78, 5) is 16.7. The molecule has 1 N–H and O–H groups in total. The van der Waals surface area contributed by atoms with Crippen LogP contribution in [0.25, 0.3) is 0 Å². The number of carbonyl (C=O) groups excluding carboxylic acids is 1. The summed E-state index contributed by atoms with van der Waals surface area (Å²) in [5.74, 6) is 0.299. The topological polar surface area (TPSA) is 43.8 Å². The Morgan fingerprint density at radius 1 is 1.40 bits per heavy atom. The molecule has 110 valence electrons. The number of ketones is 1. The standard InChI is InChI=1S/C16H24N2O2/c1-3-18-10-4-5-14(18)11-17(2)12-16(20)13-6-8-15(19)9-7-13/h6-9,14,19H,3-5,10-12H2,1-2H3. The maximum atomic E-state index is 12.2. The van der Waals surface area contributed by atoms with Crippen LogP contribution in [0.1, 0.15) is 30.1 Å². The van der Waals surface area contributed by atoms with Crippen LogP contribution >= 0.6 is 0 Å². The molecule has 4 nitrogen and oxygen atoms in total. The molecule has 1 aliphatic heterocycles. The Morgan fingerprint density at radius 2 is 2.10 bits per heavy atom. The van der Waals surface area contributed by atoms with Gasteiger partial charge in [0.2, 0.25) is 0 Å². The second-order valence-corrected chi connectivity index (χ2v) is 5.59. The summed E-state index contributed by atoms with van der Waals surface area (Å²) in [6, 6.07) is 7.06. The van der Waals surface area contributed by atoms with Crippen LogP contribution in [0.15, 0.2) is 24.3 Å². The minimum absolute atomic E-state index is 0.105. The fraction of sp³-hybridized carbons (Fsp3) is 0.562. The summed E-state index contributed by atoms with van der Waals surface area (Å²) < 4.78 is 0. The second kappa shape index (κ2) is 6.86. The van der Waals surface area contributed by atoms with Gasteiger partial charge in [0.15, 0.2) is 5.78 Å². The summed E-state index contributed by atoms with van der Waals surface area (Å²) in [5, 5.41) is 9.24. The predicted octanol–water partition coefficient (Wildman–Crippen LogP) is 1.99. The van der Waals surface area contributed by atoms with E-state index >= 15 is 0 Å². The lowest BCUT2D eigenvalue weighted by molar-refractivity contribution is 0.0929. The highest BCUT2D eigenvalue weighted by Gasteiger charge is 2.24. The minimum atomic E-state index is 0.105. The Kier molecular flexibility index (Phi) is 5.15. The van der Waals surface area contributed by atoms with E-state index in [-0.39, 0.29) is 11.5 Å². The van der Waals surface area contributed by atoms with E-state index in [2.05, 4.69) is 16.7 Å². The average molecular weight is 276 g/mol. The third-order valence-electron chi connectivity index (χ3n) is 4.03. The molecule has 1 aromatic rings. The first-order valence-corrected chi connectivity index (χ1v) is 7.35. The van der Waals surface area contributed by atoms with Gasteiger partial charge in [0.05, 0.1) is 6.54 Å². The zero-order valence-electron chi connectivity index (χ0n) is 12.4. The Hall–Kier alpha value is -1.39. The molecule has 0 aromatic heterocycles. The molecule has 2 rings (SSSR count). The maximum absolute atomic E-state index is 12.2. The second-order valence-electron chi connectivity index (χ2n) is 5.59. The highest BCUT2D eigenvalue weighted by molar-refractivity contribution is 5.97. The van der Waals surface area contributed by atoms with Gasteiger partial charge in [0.1, 0.15) is 5.75 Å². The fourth-order valence-electron chi connectivity index (χ4n) is 2.93. The number of likely N-dealkylation sites (tertiary alicyclic amines) is 1. The van der Waals surface area contributed by atoms with Crippen molar-refractivity contribution in [2.45, 2.75) is 25.8 Å². The summed E-state index contributed by atoms with van der Waals surface area (Å²) in [7, 11) is 2.00. The first-order chi connectivity index (χ1) is 9.60. The molecular weight excluding hydrogens is 252 g/mol. The molecule has 0 saturated carbocycles. The van der Waals surface area contributed by atoms with Crippen molar-refractivity contribution >= 4 is 5.78 Å². The smallest absolute Gasteiger partial charge is 0.176 e. The first kappa shape index (κ1) is 15.0. The van der Waals surface area contributed by atoms with Crippen LogP contribution in [0.4, 0.5) is 0 Å². The molecule has 1 fully saturated rings. The van der Waals surface area contributed by atoms with E-state index in [4.69, 9.17) is 0 Å². The Labute approximate surface area is 121 Å². The molecule has 1 aliphatic rings. The molecule has 0 aliphatic carbocycles. The van der Waals surface area contributed by atoms with Crippen LogP contribution in [0, 0.1) is 0 Å². The van der Waals surface area contributed by atoms with Gasteiger partial charge in [-0.3, -0.25) is 14.6 Å². The fourth-order valence-corrected chi connectivity index (χ4v) is 2.93. The molecule has 1 atom stereocenters. The van der Waals surface area contributed by atoms with Gasteiger partial charge in [-0.1, -0.05) is 6.92 Å². The number of aromatic hydroxyl groups is 1. The Bertz CT molecular complexity index is 444. The highest BCUT2D eigenvalue weighted by atomic mass is 16.3. The lowest BCUT2D eigenvalue weighted by atomic mass is 10.1. The maximum Gasteiger partial charge on any atom is 0.176 e. The molecule has 4 heteroatoms. The van der Waals surface area contributed by atoms with Gasteiger partial charge in [-0.2, -0.15) is 0 Å². The van der Waals surface area contributed by atoms with Crippen LogP contribution in [-0.2, 0) is 0 Å². The monoisotopic (exact) mass is 276 g/mol. The number of phenols is 1. The summed E-state index contributed by atoms with van der Waals surface area (Å²) in [6.07, 6.45) is 2.49. The Morgan fingerprint density at radius 3 is 2.75 bits per heavy atom. The van der Waals surface area contributed by atoms with E-state index in [9.17, 15) is 9.90 Å². The number of carbonyl (C=O) groups is 1. The number of Topliss-reactive ketones (excluding diaryl/α,β-unsaturated/α-hetero) is 1. The average Bonchev–Trinajstić information content (AvgIpc) is 2.86. The Balaban J connectivity index is 1.86. The first-order valence-electron chi connectivity index (χ1n) is 7.35. The van der Waals surface area contributed by atoms with Crippen molar-refractivity contribution in [2.75, 3.05) is 33.2 Å². The molecule has 0 bridgehead atoms. The molecule has 0 amide bonds. The van der Waals surface area contributed by atoms with Crippen molar-refractivity contribution < 1.29 is 9.90 Å². The zero-order chi connectivity index (χ0) is 14.5. The molecule has 0 radical (unpaired) electrons. The van der Waals surface area contributed by atoms with E-state index in [0.717, 1.165) is 13.1 Å². The molecule has 1 unspecified atom stereocenters. The van der Waals surface area contributed by atoms with Crippen molar-refractivity contribution in [3.05, 3.63) is 29.8 Å². The molecular formula is C16H24N2O2. The number of likely N-dealkylation sites (N-methyl/N-ethyl adjacent to an activating group) is 2. The normalized spacial score (nSPS) is 19.6. The molecule has 1 saturated heterocycles. The van der Waals surface area contributed by atoms with Gasteiger partial charge in [0, 0.05) is 18.2 Å². The van der Waals surface area contributed by atoms with Gasteiger partial charge in [0.25, 0.3) is 0 Å². The van der Waals surface area contributed by atoms with Crippen molar-refractivity contribution in [3.63, 3.8) is 0 Å². The van der Waals surface area contributed by atoms with Crippen molar-refractivity contribution in [3.8, 4) is 5.75 Å². The summed E-state index contributed by atoms with van der Waals surface area (Å²) in [5.41, 5.74) is 0.661. The van der Waals surface area contributed by atoms with Crippen LogP contribution < -0.4 is 0 Å². The molecule has 0 spiro atoms. The van der Waals surface area contributed by atoms with E-state index in [0.29, 0.717) is 18.2 Å². The van der Waals surface area contributed by atoms with Crippen LogP contribution in [0.5, 0.6) is 5.75 Å². The van der Waals surface area contributed by atoms with Crippen LogP contribution in [0.3, 0.4) is 0 Å². The lowest BCUT2D eigenvalue weighted by Gasteiger charge is -2.27. The van der Waals surface area contributed by atoms with Gasteiger partial charge >= 0.3 is 0 Å². The SMILES string of the molecule is CCN1CCCC1CN(C)CC(=O)c1ccc(O)cc1. The third kappa shape index (κ3) is 3.81. The third-order valence-corrected chi connectivity index (χ3v) is 4.03. The van der Waals surface area contributed by atoms with Crippen LogP contribution in [0.2, 0.25) is 0 Å². The van der Waals surface area contributed by atoms with Gasteiger partial charge in [-0.25, -0.2) is 0 Å². The number of hydrogen-bond acceptors (Lipinski definition) is 4. The van der Waals surface area contributed by atoms with E-state index in [1.807, 2.05) is 7.05 Å². The van der Waals surface area contributed by atoms with Crippen LogP contribution in [-0.4, -0.2) is 60.0 Å². The van der Waals surface area contributed by atoms with Gasteiger partial charge < -0.3 is 5.11 Å². The van der Waals surface area contributed by atoms with Crippen molar-refractivity contribution in [2.24, 2.45) is 0 Å². The number of phenolic OH excluding ortho intramolecular Hbond substituents is 1. The minimum Gasteiger partial charge on any atom is -0.508 e. The van der Waals surface area contributed by atoms with Crippen molar-refractivity contribution in [1.29, 1.82) is 0 Å². The van der Waals surface area contributed by atoms with E-state index in [1.54, 1.807) is 24.3 Å². The summed E-state index contributed by atoms with van der Waals surface area (Å²) >= 11 is 0. The van der Waals surface area contributed by atoms with Gasteiger partial charge in [-0.15, -0.1) is 0 Å². The van der Waals surface area contributed by atoms with Crippen molar-refractivity contribution in [1.82, 2.24) is 9.80 Å². The quantitative estimate of drug-likeness (QED) is 0.807. The predicted molar refractivity (Wildman–Crippen MR) is 80.2 cm³/mol. The number of hydrogen-bond donors (Lipinski definition) is 1. The highest BCUT2D eigenvalue weighted by Crippen LogP contribution is 2.17. The van der Waals surface area contributed by atoms with E-state index < -0.39 is 0 Å². The molecule has 20 heavy (non-hydrogen) atoms. The number of benzene rings is 1. The molecule has 1 aromatic carbocycles. The lowest BCUT2D eigenvalue weighted by Crippen LogP contribution is -2.40. The zero-order valence-corrected chi connectivity index (χ0v) is 12.4. The summed E-state index contributed by atoms with van der Waals surface area (Å²) in [6.45, 7) is 5.84.